The van der Waals surface area contributed by atoms with Gasteiger partial charge in [-0.3, -0.25) is 14.5 Å². The van der Waals surface area contributed by atoms with Crippen LogP contribution in [0.25, 0.3) is 21.8 Å². The summed E-state index contributed by atoms with van der Waals surface area (Å²) < 4.78 is 0. The Labute approximate surface area is 138 Å². The van der Waals surface area contributed by atoms with Crippen LogP contribution in [-0.4, -0.2) is 34.8 Å². The van der Waals surface area contributed by atoms with Crippen LogP contribution < -0.4 is 5.32 Å². The van der Waals surface area contributed by atoms with Crippen molar-refractivity contribution in [3.63, 3.8) is 0 Å². The fraction of sp³-hybridized carbons (Fsp3) is 0.105. The Morgan fingerprint density at radius 2 is 1.38 bits per heavy atom. The molecule has 4 rings (SSSR count). The quantitative estimate of drug-likeness (QED) is 0.594. The van der Waals surface area contributed by atoms with E-state index in [1.165, 1.54) is 17.1 Å². The molecule has 1 aliphatic rings. The highest BCUT2D eigenvalue weighted by atomic mass is 16.2. The number of imide groups is 1. The summed E-state index contributed by atoms with van der Waals surface area (Å²) in [5.74, 6) is -0.516. The van der Waals surface area contributed by atoms with Crippen LogP contribution in [0, 0.1) is 0 Å². The van der Waals surface area contributed by atoms with Crippen molar-refractivity contribution in [3.8, 4) is 0 Å². The zero-order valence-electron chi connectivity index (χ0n) is 12.9. The Bertz CT molecular complexity index is 922. The van der Waals surface area contributed by atoms with Crippen molar-refractivity contribution in [3.05, 3.63) is 60.7 Å². The van der Waals surface area contributed by atoms with Gasteiger partial charge in [-0.2, -0.15) is 0 Å². The van der Waals surface area contributed by atoms with E-state index in [0.29, 0.717) is 13.1 Å². The number of anilines is 1. The second-order valence-corrected chi connectivity index (χ2v) is 5.61. The van der Waals surface area contributed by atoms with Gasteiger partial charge in [0.1, 0.15) is 0 Å². The SMILES string of the molecule is O=C1C=CC(=O)N1CCNc1c2ccccc2nc2ccccc12. The van der Waals surface area contributed by atoms with Crippen LogP contribution in [0.5, 0.6) is 0 Å². The maximum absolute atomic E-state index is 11.6. The molecule has 0 aliphatic carbocycles. The highest BCUT2D eigenvalue weighted by Crippen LogP contribution is 2.30. The number of carbonyl (C=O) groups excluding carboxylic acids is 2. The van der Waals surface area contributed by atoms with E-state index in [1.807, 2.05) is 48.5 Å². The molecule has 5 nitrogen and oxygen atoms in total. The number of fused-ring (bicyclic) bond motifs is 2. The summed E-state index contributed by atoms with van der Waals surface area (Å²) in [7, 11) is 0. The number of rotatable bonds is 4. The first-order valence-corrected chi connectivity index (χ1v) is 7.79. The number of benzene rings is 2. The molecule has 118 valence electrons. The van der Waals surface area contributed by atoms with Crippen LogP contribution in [0.1, 0.15) is 0 Å². The van der Waals surface area contributed by atoms with Crippen LogP contribution in [0.3, 0.4) is 0 Å². The Morgan fingerprint density at radius 3 is 1.96 bits per heavy atom. The molecule has 0 radical (unpaired) electrons. The summed E-state index contributed by atoms with van der Waals surface area (Å²) in [6.07, 6.45) is 2.61. The van der Waals surface area contributed by atoms with E-state index in [2.05, 4.69) is 10.3 Å². The van der Waals surface area contributed by atoms with Gasteiger partial charge in [0.05, 0.1) is 16.7 Å². The molecule has 2 aromatic carbocycles. The third kappa shape index (κ3) is 2.40. The van der Waals surface area contributed by atoms with Gasteiger partial charge in [0.2, 0.25) is 0 Å². The minimum Gasteiger partial charge on any atom is -0.382 e. The summed E-state index contributed by atoms with van der Waals surface area (Å²) in [5, 5.41) is 5.43. The fourth-order valence-electron chi connectivity index (χ4n) is 2.97. The highest BCUT2D eigenvalue weighted by molar-refractivity contribution is 6.13. The van der Waals surface area contributed by atoms with Crippen molar-refractivity contribution in [2.45, 2.75) is 0 Å². The number of hydrogen-bond donors (Lipinski definition) is 1. The predicted octanol–water partition coefficient (Wildman–Crippen LogP) is 2.72. The molecule has 1 aromatic heterocycles. The maximum Gasteiger partial charge on any atom is 0.253 e. The minimum atomic E-state index is -0.258. The summed E-state index contributed by atoms with van der Waals surface area (Å²) in [5.41, 5.74) is 2.80. The number of carbonyl (C=O) groups is 2. The molecule has 0 spiro atoms. The number of para-hydroxylation sites is 2. The number of pyridine rings is 1. The van der Waals surface area contributed by atoms with E-state index in [4.69, 9.17) is 0 Å². The molecule has 0 unspecified atom stereocenters. The van der Waals surface area contributed by atoms with Crippen molar-refractivity contribution in [1.82, 2.24) is 9.88 Å². The van der Waals surface area contributed by atoms with Gasteiger partial charge in [-0.05, 0) is 12.1 Å². The Kier molecular flexibility index (Phi) is 3.46. The smallest absolute Gasteiger partial charge is 0.253 e. The van der Waals surface area contributed by atoms with Gasteiger partial charge in [-0.25, -0.2) is 4.98 Å². The largest absolute Gasteiger partial charge is 0.382 e. The molecule has 0 saturated carbocycles. The summed E-state index contributed by atoms with van der Waals surface area (Å²) in [4.78, 5) is 29.2. The zero-order chi connectivity index (χ0) is 16.5. The second-order valence-electron chi connectivity index (χ2n) is 5.61. The zero-order valence-corrected chi connectivity index (χ0v) is 12.9. The standard InChI is InChI=1S/C19H15N3O2/c23-17-9-10-18(24)22(17)12-11-20-19-13-5-1-3-7-15(13)21-16-8-4-2-6-14(16)19/h1-10H,11-12H2,(H,20,21). The molecule has 24 heavy (non-hydrogen) atoms. The van der Waals surface area contributed by atoms with E-state index >= 15 is 0 Å². The Morgan fingerprint density at radius 1 is 0.833 bits per heavy atom. The first kappa shape index (κ1) is 14.4. The molecule has 0 fully saturated rings. The van der Waals surface area contributed by atoms with E-state index in [9.17, 15) is 9.59 Å². The van der Waals surface area contributed by atoms with Crippen LogP contribution in [-0.2, 0) is 9.59 Å². The number of aromatic nitrogens is 1. The molecule has 1 aliphatic heterocycles. The van der Waals surface area contributed by atoms with Crippen molar-refractivity contribution >= 4 is 39.3 Å². The average Bonchev–Trinajstić information content (AvgIpc) is 2.93. The van der Waals surface area contributed by atoms with Gasteiger partial charge < -0.3 is 5.32 Å². The van der Waals surface area contributed by atoms with Crippen molar-refractivity contribution < 1.29 is 9.59 Å². The number of amides is 2. The molecule has 3 aromatic rings. The van der Waals surface area contributed by atoms with Crippen molar-refractivity contribution in [2.24, 2.45) is 0 Å². The molecule has 0 atom stereocenters. The lowest BCUT2D eigenvalue weighted by atomic mass is 10.1. The average molecular weight is 317 g/mol. The van der Waals surface area contributed by atoms with E-state index < -0.39 is 0 Å². The topological polar surface area (TPSA) is 62.3 Å². The van der Waals surface area contributed by atoms with Crippen LogP contribution in [0.4, 0.5) is 5.69 Å². The Balaban J connectivity index is 1.67. The van der Waals surface area contributed by atoms with E-state index in [0.717, 1.165) is 27.5 Å². The Hall–Kier alpha value is -3.21. The van der Waals surface area contributed by atoms with Gasteiger partial charge in [0.15, 0.2) is 0 Å². The molecular weight excluding hydrogens is 302 g/mol. The molecule has 0 saturated heterocycles. The lowest BCUT2D eigenvalue weighted by Crippen LogP contribution is -2.34. The minimum absolute atomic E-state index is 0.258. The molecule has 2 amide bonds. The van der Waals surface area contributed by atoms with Gasteiger partial charge in [0.25, 0.3) is 11.8 Å². The number of nitrogens with one attached hydrogen (secondary N) is 1. The third-order valence-corrected chi connectivity index (χ3v) is 4.13. The van der Waals surface area contributed by atoms with Gasteiger partial charge >= 0.3 is 0 Å². The van der Waals surface area contributed by atoms with Gasteiger partial charge in [-0.15, -0.1) is 0 Å². The third-order valence-electron chi connectivity index (χ3n) is 4.13. The highest BCUT2D eigenvalue weighted by Gasteiger charge is 2.22. The first-order chi connectivity index (χ1) is 11.7. The number of hydrogen-bond acceptors (Lipinski definition) is 4. The first-order valence-electron chi connectivity index (χ1n) is 7.79. The summed E-state index contributed by atoms with van der Waals surface area (Å²) in [6, 6.07) is 15.9. The van der Waals surface area contributed by atoms with E-state index in [1.54, 1.807) is 0 Å². The summed E-state index contributed by atoms with van der Waals surface area (Å²) in [6.45, 7) is 0.812. The molecular formula is C19H15N3O2. The summed E-state index contributed by atoms with van der Waals surface area (Å²) >= 11 is 0. The number of nitrogens with zero attached hydrogens (tertiary/aromatic N) is 2. The fourth-order valence-corrected chi connectivity index (χ4v) is 2.97. The van der Waals surface area contributed by atoms with Gasteiger partial charge in [-0.1, -0.05) is 36.4 Å². The van der Waals surface area contributed by atoms with Crippen molar-refractivity contribution in [2.75, 3.05) is 18.4 Å². The molecule has 0 bridgehead atoms. The molecule has 2 heterocycles. The van der Waals surface area contributed by atoms with Crippen LogP contribution >= 0.6 is 0 Å². The molecule has 1 N–H and O–H groups in total. The predicted molar refractivity (Wildman–Crippen MR) is 93.6 cm³/mol. The molecule has 5 heteroatoms. The lowest BCUT2D eigenvalue weighted by Gasteiger charge is -2.17. The maximum atomic E-state index is 11.6. The van der Waals surface area contributed by atoms with Crippen LogP contribution in [0.2, 0.25) is 0 Å². The van der Waals surface area contributed by atoms with Crippen molar-refractivity contribution in [1.29, 1.82) is 0 Å². The normalized spacial score (nSPS) is 14.1. The van der Waals surface area contributed by atoms with E-state index in [-0.39, 0.29) is 11.8 Å². The van der Waals surface area contributed by atoms with Gasteiger partial charge in [0, 0.05) is 36.0 Å². The second kappa shape index (κ2) is 5.77. The lowest BCUT2D eigenvalue weighted by molar-refractivity contribution is -0.136. The van der Waals surface area contributed by atoms with Crippen LogP contribution in [0.15, 0.2) is 60.7 Å². The monoisotopic (exact) mass is 317 g/mol.